The molecule has 0 bridgehead atoms. The van der Waals surface area contributed by atoms with Gasteiger partial charge in [0.25, 0.3) is 0 Å². The Hall–Kier alpha value is -0.610. The van der Waals surface area contributed by atoms with Gasteiger partial charge in [-0.1, -0.05) is 0 Å². The summed E-state index contributed by atoms with van der Waals surface area (Å²) in [4.78, 5) is 12.7. The van der Waals surface area contributed by atoms with Crippen molar-refractivity contribution in [3.63, 3.8) is 0 Å². The number of hydrogen-bond acceptors (Lipinski definition) is 3. The number of hydrogen-bond donors (Lipinski definition) is 1. The second kappa shape index (κ2) is 4.42. The van der Waals surface area contributed by atoms with Gasteiger partial charge in [-0.25, -0.2) is 0 Å². The van der Waals surface area contributed by atoms with E-state index >= 15 is 0 Å². The van der Waals surface area contributed by atoms with Gasteiger partial charge < -0.3 is 15.4 Å². The Morgan fingerprint density at radius 1 is 1.75 bits per heavy atom. The zero-order chi connectivity index (χ0) is 8.97. The molecular formula is C8H16N2O2. The number of primary amides is 1. The van der Waals surface area contributed by atoms with Gasteiger partial charge in [0.15, 0.2) is 0 Å². The van der Waals surface area contributed by atoms with Gasteiger partial charge in [0, 0.05) is 19.5 Å². The monoisotopic (exact) mass is 172 g/mol. The number of likely N-dealkylation sites (N-methyl/N-ethyl adjacent to an activating group) is 1. The zero-order valence-corrected chi connectivity index (χ0v) is 7.45. The molecule has 1 aliphatic rings. The smallest absolute Gasteiger partial charge is 0.217 e. The van der Waals surface area contributed by atoms with E-state index in [1.54, 1.807) is 0 Å². The molecule has 1 unspecified atom stereocenters. The van der Waals surface area contributed by atoms with E-state index in [0.29, 0.717) is 6.42 Å². The highest BCUT2D eigenvalue weighted by atomic mass is 16.5. The number of nitrogens with zero attached hydrogens (tertiary/aromatic N) is 1. The summed E-state index contributed by atoms with van der Waals surface area (Å²) in [6, 6.07) is 0. The first-order valence-electron chi connectivity index (χ1n) is 4.27. The van der Waals surface area contributed by atoms with Crippen molar-refractivity contribution >= 4 is 5.91 Å². The molecule has 4 heteroatoms. The maximum absolute atomic E-state index is 10.5. The van der Waals surface area contributed by atoms with Crippen molar-refractivity contribution in [3.05, 3.63) is 0 Å². The summed E-state index contributed by atoms with van der Waals surface area (Å²) >= 11 is 0. The predicted molar refractivity (Wildman–Crippen MR) is 45.7 cm³/mol. The van der Waals surface area contributed by atoms with Crippen LogP contribution in [0.4, 0.5) is 0 Å². The van der Waals surface area contributed by atoms with Crippen LogP contribution in [0.2, 0.25) is 0 Å². The Bertz CT molecular complexity index is 161. The molecule has 1 rings (SSSR count). The fraction of sp³-hybridized carbons (Fsp3) is 0.875. The number of rotatable bonds is 3. The lowest BCUT2D eigenvalue weighted by atomic mass is 10.1. The molecule has 0 aliphatic carbocycles. The molecule has 1 saturated heterocycles. The molecule has 0 aromatic heterocycles. The van der Waals surface area contributed by atoms with Gasteiger partial charge in [0.1, 0.15) is 0 Å². The van der Waals surface area contributed by atoms with Crippen molar-refractivity contribution in [2.45, 2.75) is 18.9 Å². The molecule has 1 heterocycles. The third kappa shape index (κ3) is 3.19. The Kier molecular flexibility index (Phi) is 3.49. The summed E-state index contributed by atoms with van der Waals surface area (Å²) in [7, 11) is 2.06. The summed E-state index contributed by atoms with van der Waals surface area (Å²) in [6.07, 6.45) is 1.37. The second-order valence-electron chi connectivity index (χ2n) is 3.26. The predicted octanol–water partition coefficient (Wildman–Crippen LogP) is -0.417. The molecule has 0 saturated carbocycles. The minimum absolute atomic E-state index is 0.191. The van der Waals surface area contributed by atoms with Crippen molar-refractivity contribution < 1.29 is 9.53 Å². The van der Waals surface area contributed by atoms with Crippen LogP contribution in [0.1, 0.15) is 12.8 Å². The van der Waals surface area contributed by atoms with E-state index < -0.39 is 0 Å². The zero-order valence-electron chi connectivity index (χ0n) is 7.45. The largest absolute Gasteiger partial charge is 0.376 e. The average molecular weight is 172 g/mol. The summed E-state index contributed by atoms with van der Waals surface area (Å²) in [5.74, 6) is -0.244. The summed E-state index contributed by atoms with van der Waals surface area (Å²) < 4.78 is 5.45. The van der Waals surface area contributed by atoms with Crippen molar-refractivity contribution in [1.29, 1.82) is 0 Å². The molecule has 1 amide bonds. The molecule has 0 aromatic rings. The normalized spacial score (nSPS) is 25.6. The van der Waals surface area contributed by atoms with Crippen LogP contribution in [-0.4, -0.2) is 43.7 Å². The van der Waals surface area contributed by atoms with Crippen LogP contribution >= 0.6 is 0 Å². The van der Waals surface area contributed by atoms with E-state index in [0.717, 1.165) is 26.1 Å². The van der Waals surface area contributed by atoms with Crippen LogP contribution in [0.25, 0.3) is 0 Å². The number of amides is 1. The number of carbonyl (C=O) groups is 1. The summed E-state index contributed by atoms with van der Waals surface area (Å²) in [5, 5.41) is 0. The minimum Gasteiger partial charge on any atom is -0.376 e. The third-order valence-electron chi connectivity index (χ3n) is 2.05. The molecule has 2 N–H and O–H groups in total. The van der Waals surface area contributed by atoms with E-state index in [4.69, 9.17) is 10.5 Å². The van der Waals surface area contributed by atoms with E-state index in [-0.39, 0.29) is 12.0 Å². The lowest BCUT2D eigenvalue weighted by Crippen LogP contribution is -2.40. The van der Waals surface area contributed by atoms with Crippen LogP contribution < -0.4 is 5.73 Å². The quantitative estimate of drug-likeness (QED) is 0.629. The van der Waals surface area contributed by atoms with Crippen LogP contribution in [0.5, 0.6) is 0 Å². The van der Waals surface area contributed by atoms with Gasteiger partial charge in [-0.3, -0.25) is 4.79 Å². The fourth-order valence-electron chi connectivity index (χ4n) is 1.34. The summed E-state index contributed by atoms with van der Waals surface area (Å²) in [5.41, 5.74) is 5.04. The maximum Gasteiger partial charge on any atom is 0.217 e. The number of nitrogens with two attached hydrogens (primary N) is 1. The molecule has 4 nitrogen and oxygen atoms in total. The van der Waals surface area contributed by atoms with Gasteiger partial charge in [-0.2, -0.15) is 0 Å². The van der Waals surface area contributed by atoms with E-state index in [2.05, 4.69) is 11.9 Å². The molecule has 0 spiro atoms. The Balaban J connectivity index is 2.18. The van der Waals surface area contributed by atoms with Gasteiger partial charge in [0.05, 0.1) is 12.7 Å². The highest BCUT2D eigenvalue weighted by Gasteiger charge is 2.17. The van der Waals surface area contributed by atoms with Crippen molar-refractivity contribution in [3.8, 4) is 0 Å². The van der Waals surface area contributed by atoms with Gasteiger partial charge in [0.2, 0.25) is 5.91 Å². The average Bonchev–Trinajstić information content (AvgIpc) is 2.01. The van der Waals surface area contributed by atoms with Gasteiger partial charge >= 0.3 is 0 Å². The number of ether oxygens (including phenoxy) is 1. The molecular weight excluding hydrogens is 156 g/mol. The van der Waals surface area contributed by atoms with Crippen molar-refractivity contribution in [2.75, 3.05) is 26.7 Å². The first kappa shape index (κ1) is 9.48. The second-order valence-corrected chi connectivity index (χ2v) is 3.26. The van der Waals surface area contributed by atoms with Gasteiger partial charge in [-0.15, -0.1) is 0 Å². The summed E-state index contributed by atoms with van der Waals surface area (Å²) in [6.45, 7) is 2.65. The molecule has 1 aliphatic heterocycles. The van der Waals surface area contributed by atoms with Crippen LogP contribution in [0.3, 0.4) is 0 Å². The first-order valence-corrected chi connectivity index (χ1v) is 4.27. The van der Waals surface area contributed by atoms with Crippen LogP contribution in [0, 0.1) is 0 Å². The Morgan fingerprint density at radius 2 is 2.50 bits per heavy atom. The van der Waals surface area contributed by atoms with Gasteiger partial charge in [-0.05, 0) is 13.5 Å². The lowest BCUT2D eigenvalue weighted by Gasteiger charge is -2.29. The lowest BCUT2D eigenvalue weighted by molar-refractivity contribution is -0.119. The van der Waals surface area contributed by atoms with E-state index in [1.807, 2.05) is 0 Å². The first-order chi connectivity index (χ1) is 5.68. The highest BCUT2D eigenvalue weighted by molar-refractivity contribution is 5.73. The third-order valence-corrected chi connectivity index (χ3v) is 2.05. The molecule has 1 atom stereocenters. The maximum atomic E-state index is 10.5. The molecule has 12 heavy (non-hydrogen) atoms. The Labute approximate surface area is 72.7 Å². The van der Waals surface area contributed by atoms with E-state index in [1.165, 1.54) is 0 Å². The van der Waals surface area contributed by atoms with E-state index in [9.17, 15) is 4.79 Å². The minimum atomic E-state index is -0.244. The topological polar surface area (TPSA) is 55.6 Å². The fourth-order valence-corrected chi connectivity index (χ4v) is 1.34. The van der Waals surface area contributed by atoms with Crippen LogP contribution in [0.15, 0.2) is 0 Å². The van der Waals surface area contributed by atoms with Crippen LogP contribution in [-0.2, 0) is 9.53 Å². The standard InChI is InChI=1S/C8H16N2O2/c1-10-4-5-12-7(6-10)2-3-8(9)11/h7H,2-6H2,1H3,(H2,9,11). The number of morpholine rings is 1. The van der Waals surface area contributed by atoms with Crippen molar-refractivity contribution in [2.24, 2.45) is 5.73 Å². The molecule has 70 valence electrons. The highest BCUT2D eigenvalue weighted by Crippen LogP contribution is 2.08. The SMILES string of the molecule is CN1CCOC(CCC(N)=O)C1. The number of carbonyl (C=O) groups excluding carboxylic acids is 1. The Morgan fingerprint density at radius 3 is 3.08 bits per heavy atom. The molecule has 0 radical (unpaired) electrons. The van der Waals surface area contributed by atoms with Crippen molar-refractivity contribution in [1.82, 2.24) is 4.90 Å². The molecule has 0 aromatic carbocycles. The molecule has 1 fully saturated rings.